The van der Waals surface area contributed by atoms with Gasteiger partial charge in [0.1, 0.15) is 0 Å². The topological polar surface area (TPSA) is 34.2 Å². The molecule has 1 fully saturated rings. The molecule has 0 bridgehead atoms. The predicted molar refractivity (Wildman–Crippen MR) is 78.6 cm³/mol. The fourth-order valence-corrected chi connectivity index (χ4v) is 2.98. The summed E-state index contributed by atoms with van der Waals surface area (Å²) in [7, 11) is 0. The van der Waals surface area contributed by atoms with Gasteiger partial charge in [-0.15, -0.1) is 0 Å². The minimum absolute atomic E-state index is 0.329. The molecule has 1 aliphatic rings. The first-order valence-electron chi connectivity index (χ1n) is 7.15. The van der Waals surface area contributed by atoms with Crippen molar-refractivity contribution in [1.29, 1.82) is 0 Å². The molecule has 3 unspecified atom stereocenters. The molecule has 19 heavy (non-hydrogen) atoms. The van der Waals surface area contributed by atoms with Crippen molar-refractivity contribution in [2.75, 3.05) is 13.2 Å². The Bertz CT molecular complexity index is 399. The van der Waals surface area contributed by atoms with Crippen LogP contribution >= 0.6 is 11.6 Å². The van der Waals surface area contributed by atoms with E-state index in [1.165, 1.54) is 5.56 Å². The van der Waals surface area contributed by atoms with Crippen LogP contribution in [0, 0.1) is 5.92 Å². The Morgan fingerprint density at radius 3 is 3.05 bits per heavy atom. The number of pyridine rings is 1. The van der Waals surface area contributed by atoms with Crippen LogP contribution in [-0.4, -0.2) is 30.3 Å². The molecule has 1 aromatic rings. The molecule has 1 N–H and O–H groups in total. The minimum atomic E-state index is 0.329. The molecule has 0 spiro atoms. The summed E-state index contributed by atoms with van der Waals surface area (Å²) in [6, 6.07) is 2.45. The van der Waals surface area contributed by atoms with Crippen LogP contribution in [0.1, 0.15) is 32.3 Å². The lowest BCUT2D eigenvalue weighted by Gasteiger charge is -2.27. The maximum Gasteiger partial charge on any atom is 0.0621 e. The average Bonchev–Trinajstić information content (AvgIpc) is 2.83. The molecule has 1 saturated heterocycles. The van der Waals surface area contributed by atoms with E-state index in [4.69, 9.17) is 16.3 Å². The second kappa shape index (κ2) is 7.22. The van der Waals surface area contributed by atoms with E-state index < -0.39 is 0 Å². The molecule has 0 aromatic carbocycles. The van der Waals surface area contributed by atoms with E-state index in [-0.39, 0.29) is 0 Å². The maximum absolute atomic E-state index is 6.22. The van der Waals surface area contributed by atoms with Gasteiger partial charge in [0, 0.05) is 31.0 Å². The van der Waals surface area contributed by atoms with Gasteiger partial charge in [-0.25, -0.2) is 0 Å². The monoisotopic (exact) mass is 282 g/mol. The lowest BCUT2D eigenvalue weighted by Crippen LogP contribution is -2.41. The van der Waals surface area contributed by atoms with Crippen LogP contribution in [0.4, 0.5) is 0 Å². The molecular formula is C15H23ClN2O. The van der Waals surface area contributed by atoms with Gasteiger partial charge in [-0.1, -0.05) is 18.5 Å². The SMILES string of the molecule is CCCNC(Cc1ccncc1Cl)C1CCOC1C. The first-order chi connectivity index (χ1) is 9.22. The van der Waals surface area contributed by atoms with Crippen molar-refractivity contribution in [3.8, 4) is 0 Å². The molecule has 2 heterocycles. The van der Waals surface area contributed by atoms with E-state index in [0.717, 1.165) is 37.4 Å². The smallest absolute Gasteiger partial charge is 0.0621 e. The zero-order chi connectivity index (χ0) is 13.7. The largest absolute Gasteiger partial charge is 0.378 e. The molecule has 0 saturated carbocycles. The lowest BCUT2D eigenvalue weighted by atomic mass is 9.89. The van der Waals surface area contributed by atoms with Gasteiger partial charge < -0.3 is 10.1 Å². The second-order valence-electron chi connectivity index (χ2n) is 5.26. The first kappa shape index (κ1) is 14.8. The second-order valence-corrected chi connectivity index (χ2v) is 5.67. The van der Waals surface area contributed by atoms with E-state index in [1.807, 2.05) is 12.3 Å². The molecule has 1 aromatic heterocycles. The van der Waals surface area contributed by atoms with Crippen LogP contribution < -0.4 is 5.32 Å². The maximum atomic E-state index is 6.22. The highest BCUT2D eigenvalue weighted by Crippen LogP contribution is 2.27. The fourth-order valence-electron chi connectivity index (χ4n) is 2.79. The third-order valence-corrected chi connectivity index (χ3v) is 4.24. The highest BCUT2D eigenvalue weighted by molar-refractivity contribution is 6.31. The minimum Gasteiger partial charge on any atom is -0.378 e. The molecule has 0 radical (unpaired) electrons. The average molecular weight is 283 g/mol. The zero-order valence-corrected chi connectivity index (χ0v) is 12.5. The number of nitrogens with one attached hydrogen (secondary N) is 1. The van der Waals surface area contributed by atoms with E-state index >= 15 is 0 Å². The van der Waals surface area contributed by atoms with Crippen molar-refractivity contribution in [1.82, 2.24) is 10.3 Å². The van der Waals surface area contributed by atoms with Crippen molar-refractivity contribution in [2.24, 2.45) is 5.92 Å². The molecule has 2 rings (SSSR count). The zero-order valence-electron chi connectivity index (χ0n) is 11.7. The van der Waals surface area contributed by atoms with Gasteiger partial charge >= 0.3 is 0 Å². The van der Waals surface area contributed by atoms with Gasteiger partial charge in [0.2, 0.25) is 0 Å². The van der Waals surface area contributed by atoms with Gasteiger partial charge in [0.15, 0.2) is 0 Å². The van der Waals surface area contributed by atoms with Crippen LogP contribution in [0.3, 0.4) is 0 Å². The quantitative estimate of drug-likeness (QED) is 0.871. The summed E-state index contributed by atoms with van der Waals surface area (Å²) in [6.07, 6.45) is 7.08. The Kier molecular flexibility index (Phi) is 5.61. The van der Waals surface area contributed by atoms with Gasteiger partial charge in [0.25, 0.3) is 0 Å². The summed E-state index contributed by atoms with van der Waals surface area (Å²) in [5.74, 6) is 0.566. The Morgan fingerprint density at radius 1 is 1.58 bits per heavy atom. The molecule has 4 heteroatoms. The molecule has 0 amide bonds. The number of halogens is 1. The summed E-state index contributed by atoms with van der Waals surface area (Å²) >= 11 is 6.22. The number of rotatable bonds is 6. The van der Waals surface area contributed by atoms with Gasteiger partial charge in [-0.05, 0) is 44.4 Å². The van der Waals surface area contributed by atoms with E-state index in [9.17, 15) is 0 Å². The van der Waals surface area contributed by atoms with Crippen molar-refractivity contribution in [2.45, 2.75) is 45.3 Å². The number of ether oxygens (including phenoxy) is 1. The van der Waals surface area contributed by atoms with Crippen LogP contribution in [0.5, 0.6) is 0 Å². The standard InChI is InChI=1S/C15H23ClN2O/c1-3-6-18-15(13-5-8-19-11(13)2)9-12-4-7-17-10-14(12)16/h4,7,10-11,13,15,18H,3,5-6,8-9H2,1-2H3. The number of hydrogen-bond donors (Lipinski definition) is 1. The van der Waals surface area contributed by atoms with Crippen LogP contribution in [0.25, 0.3) is 0 Å². The molecule has 3 atom stereocenters. The molecule has 3 nitrogen and oxygen atoms in total. The molecular weight excluding hydrogens is 260 g/mol. The normalized spacial score (nSPS) is 24.6. The lowest BCUT2D eigenvalue weighted by molar-refractivity contribution is 0.0954. The fraction of sp³-hybridized carbons (Fsp3) is 0.667. The van der Waals surface area contributed by atoms with Crippen molar-refractivity contribution in [3.05, 3.63) is 29.0 Å². The number of hydrogen-bond acceptors (Lipinski definition) is 3. The van der Waals surface area contributed by atoms with Gasteiger partial charge in [-0.2, -0.15) is 0 Å². The predicted octanol–water partition coefficient (Wildman–Crippen LogP) is 3.07. The Labute approximate surface area is 120 Å². The van der Waals surface area contributed by atoms with Crippen LogP contribution in [0.2, 0.25) is 5.02 Å². The van der Waals surface area contributed by atoms with Crippen molar-refractivity contribution >= 4 is 11.6 Å². The van der Waals surface area contributed by atoms with Crippen molar-refractivity contribution < 1.29 is 4.74 Å². The Morgan fingerprint density at radius 2 is 2.42 bits per heavy atom. The van der Waals surface area contributed by atoms with Crippen molar-refractivity contribution in [3.63, 3.8) is 0 Å². The third-order valence-electron chi connectivity index (χ3n) is 3.90. The third kappa shape index (κ3) is 3.91. The van der Waals surface area contributed by atoms with Gasteiger partial charge in [-0.3, -0.25) is 4.98 Å². The number of nitrogens with zero attached hydrogens (tertiary/aromatic N) is 1. The highest BCUT2D eigenvalue weighted by atomic mass is 35.5. The van der Waals surface area contributed by atoms with Crippen LogP contribution in [0.15, 0.2) is 18.5 Å². The molecule has 0 aliphatic carbocycles. The van der Waals surface area contributed by atoms with Gasteiger partial charge in [0.05, 0.1) is 11.1 Å². The summed E-state index contributed by atoms with van der Waals surface area (Å²) in [5, 5.41) is 4.42. The molecule has 1 aliphatic heterocycles. The Hall–Kier alpha value is -0.640. The molecule has 106 valence electrons. The Balaban J connectivity index is 2.07. The van der Waals surface area contributed by atoms with E-state index in [1.54, 1.807) is 6.20 Å². The summed E-state index contributed by atoms with van der Waals surface area (Å²) < 4.78 is 5.71. The first-order valence-corrected chi connectivity index (χ1v) is 7.53. The van der Waals surface area contributed by atoms with E-state index in [0.29, 0.717) is 18.1 Å². The van der Waals surface area contributed by atoms with Crippen LogP contribution in [-0.2, 0) is 11.2 Å². The highest BCUT2D eigenvalue weighted by Gasteiger charge is 2.31. The summed E-state index contributed by atoms with van der Waals surface area (Å²) in [4.78, 5) is 4.05. The summed E-state index contributed by atoms with van der Waals surface area (Å²) in [5.41, 5.74) is 1.17. The summed E-state index contributed by atoms with van der Waals surface area (Å²) in [6.45, 7) is 6.28. The van der Waals surface area contributed by atoms with E-state index in [2.05, 4.69) is 24.1 Å². The number of aromatic nitrogens is 1.